The van der Waals surface area contributed by atoms with E-state index in [1.54, 1.807) is 19.6 Å². The molecule has 6 rings (SSSR count). The molecule has 0 aliphatic heterocycles. The number of para-hydroxylation sites is 1. The number of H-pyrrole nitrogens is 1. The highest BCUT2D eigenvalue weighted by Gasteiger charge is 2.41. The SMILES string of the molecule is CCC(Cc1c[nH]c2ccccc12)(Nc1nc(-c2ccccc2)co1)C(=O)NC(c1ccc(OC)cn1)C1CCCCC1. The van der Waals surface area contributed by atoms with Crippen LogP contribution in [-0.2, 0) is 11.2 Å². The van der Waals surface area contributed by atoms with Crippen molar-refractivity contribution in [3.8, 4) is 17.0 Å². The maximum absolute atomic E-state index is 14.7. The number of carbonyl (C=O) groups excluding carboxylic acids is 1. The summed E-state index contributed by atoms with van der Waals surface area (Å²) in [5.41, 5.74) is 3.55. The van der Waals surface area contributed by atoms with Crippen molar-refractivity contribution < 1.29 is 13.9 Å². The molecule has 3 aromatic heterocycles. The number of rotatable bonds is 11. The number of ether oxygens (including phenoxy) is 1. The van der Waals surface area contributed by atoms with Gasteiger partial charge in [0.15, 0.2) is 0 Å². The number of methoxy groups -OCH3 is 1. The van der Waals surface area contributed by atoms with E-state index < -0.39 is 5.54 Å². The average Bonchev–Trinajstić information content (AvgIpc) is 3.71. The molecule has 3 N–H and O–H groups in total. The number of benzene rings is 2. The van der Waals surface area contributed by atoms with Crippen LogP contribution in [0, 0.1) is 5.92 Å². The largest absolute Gasteiger partial charge is 0.495 e. The van der Waals surface area contributed by atoms with Crippen molar-refractivity contribution >= 4 is 22.8 Å². The summed E-state index contributed by atoms with van der Waals surface area (Å²) in [5, 5.41) is 8.03. The molecule has 0 bridgehead atoms. The second-order valence-corrected chi connectivity index (χ2v) is 11.5. The molecule has 5 aromatic rings. The van der Waals surface area contributed by atoms with Crippen molar-refractivity contribution in [1.29, 1.82) is 0 Å². The first-order valence-electron chi connectivity index (χ1n) is 15.2. The highest BCUT2D eigenvalue weighted by Crippen LogP contribution is 2.36. The number of hydrogen-bond donors (Lipinski definition) is 3. The van der Waals surface area contributed by atoms with Gasteiger partial charge in [0.2, 0.25) is 5.91 Å². The number of amides is 1. The number of carbonyl (C=O) groups is 1. The number of oxazole rings is 1. The third-order valence-electron chi connectivity index (χ3n) is 8.85. The molecule has 8 heteroatoms. The maximum atomic E-state index is 14.7. The van der Waals surface area contributed by atoms with E-state index in [4.69, 9.17) is 19.1 Å². The van der Waals surface area contributed by atoms with Crippen LogP contribution in [0.4, 0.5) is 6.01 Å². The van der Waals surface area contributed by atoms with Crippen molar-refractivity contribution in [2.24, 2.45) is 5.92 Å². The van der Waals surface area contributed by atoms with Crippen LogP contribution < -0.4 is 15.4 Å². The first-order chi connectivity index (χ1) is 21.1. The number of nitrogens with zero attached hydrogens (tertiary/aromatic N) is 2. The van der Waals surface area contributed by atoms with Gasteiger partial charge in [-0.05, 0) is 48.9 Å². The summed E-state index contributed by atoms with van der Waals surface area (Å²) in [6.07, 6.45) is 11.9. The molecule has 1 amide bonds. The zero-order valence-electron chi connectivity index (χ0n) is 24.8. The second kappa shape index (κ2) is 12.7. The first kappa shape index (κ1) is 28.5. The van der Waals surface area contributed by atoms with Gasteiger partial charge in [0, 0.05) is 29.1 Å². The van der Waals surface area contributed by atoms with E-state index in [0.717, 1.165) is 53.4 Å². The Morgan fingerprint density at radius 3 is 2.60 bits per heavy atom. The van der Waals surface area contributed by atoms with Gasteiger partial charge >= 0.3 is 0 Å². The maximum Gasteiger partial charge on any atom is 0.295 e. The van der Waals surface area contributed by atoms with Gasteiger partial charge in [-0.2, -0.15) is 4.98 Å². The number of aromatic amines is 1. The quantitative estimate of drug-likeness (QED) is 0.150. The third kappa shape index (κ3) is 6.14. The molecule has 2 atom stereocenters. The molecular formula is C35H39N5O3. The normalized spacial score (nSPS) is 16.0. The van der Waals surface area contributed by atoms with Crippen LogP contribution in [0.15, 0.2) is 89.8 Å². The lowest BCUT2D eigenvalue weighted by Gasteiger charge is -2.36. The summed E-state index contributed by atoms with van der Waals surface area (Å²) in [5.74, 6) is 0.889. The lowest BCUT2D eigenvalue weighted by atomic mass is 9.81. The lowest BCUT2D eigenvalue weighted by Crippen LogP contribution is -2.55. The number of fused-ring (bicyclic) bond motifs is 1. The Bertz CT molecular complexity index is 1640. The van der Waals surface area contributed by atoms with E-state index in [1.165, 1.54) is 6.42 Å². The van der Waals surface area contributed by atoms with Crippen LogP contribution in [0.5, 0.6) is 5.75 Å². The fourth-order valence-electron chi connectivity index (χ4n) is 6.31. The van der Waals surface area contributed by atoms with Crippen molar-refractivity contribution in [2.75, 3.05) is 12.4 Å². The summed E-state index contributed by atoms with van der Waals surface area (Å²) in [7, 11) is 1.63. The Kier molecular flexibility index (Phi) is 8.45. The highest BCUT2D eigenvalue weighted by atomic mass is 16.5. The standard InChI is InChI=1S/C35H39N5O3/c1-3-35(20-26-21-36-29-17-11-10-16-28(26)29,40-34-38-31(23-43-34)24-12-6-4-7-13-24)33(41)39-32(25-14-8-5-9-15-25)30-19-18-27(42-2)22-37-30/h4,6-7,10-13,16-19,21-23,25,32,36H,3,5,8-9,14-15,20H2,1-2H3,(H,38,40)(H,39,41). The van der Waals surface area contributed by atoms with Crippen molar-refractivity contribution in [1.82, 2.24) is 20.3 Å². The van der Waals surface area contributed by atoms with Crippen LogP contribution in [-0.4, -0.2) is 33.5 Å². The molecule has 0 saturated heterocycles. The Labute approximate surface area is 252 Å². The van der Waals surface area contributed by atoms with Gasteiger partial charge in [-0.1, -0.05) is 74.7 Å². The average molecular weight is 578 g/mol. The minimum absolute atomic E-state index is 0.104. The van der Waals surface area contributed by atoms with E-state index in [1.807, 2.05) is 67.7 Å². The van der Waals surface area contributed by atoms with Gasteiger partial charge in [0.1, 0.15) is 23.2 Å². The summed E-state index contributed by atoms with van der Waals surface area (Å²) in [4.78, 5) is 27.5. The molecule has 1 aliphatic carbocycles. The molecule has 2 unspecified atom stereocenters. The molecule has 8 nitrogen and oxygen atoms in total. The fourth-order valence-corrected chi connectivity index (χ4v) is 6.31. The monoisotopic (exact) mass is 577 g/mol. The summed E-state index contributed by atoms with van der Waals surface area (Å²) in [6, 6.07) is 22.0. The highest BCUT2D eigenvalue weighted by molar-refractivity contribution is 5.91. The molecule has 1 saturated carbocycles. The molecule has 3 heterocycles. The number of aromatic nitrogens is 3. The van der Waals surface area contributed by atoms with E-state index >= 15 is 0 Å². The van der Waals surface area contributed by atoms with E-state index in [2.05, 4.69) is 27.8 Å². The van der Waals surface area contributed by atoms with Crippen LogP contribution in [0.25, 0.3) is 22.2 Å². The minimum Gasteiger partial charge on any atom is -0.495 e. The number of hydrogen-bond acceptors (Lipinski definition) is 6. The van der Waals surface area contributed by atoms with Crippen molar-refractivity contribution in [2.45, 2.75) is 63.5 Å². The first-order valence-corrected chi connectivity index (χ1v) is 15.2. The molecule has 0 spiro atoms. The summed E-state index contributed by atoms with van der Waals surface area (Å²) >= 11 is 0. The topological polar surface area (TPSA) is 105 Å². The van der Waals surface area contributed by atoms with E-state index in [-0.39, 0.29) is 11.9 Å². The van der Waals surface area contributed by atoms with Crippen LogP contribution >= 0.6 is 0 Å². The van der Waals surface area contributed by atoms with Crippen LogP contribution in [0.2, 0.25) is 0 Å². The second-order valence-electron chi connectivity index (χ2n) is 11.5. The predicted molar refractivity (Wildman–Crippen MR) is 169 cm³/mol. The van der Waals surface area contributed by atoms with Crippen LogP contribution in [0.3, 0.4) is 0 Å². The number of pyridine rings is 1. The number of nitrogens with one attached hydrogen (secondary N) is 3. The Balaban J connectivity index is 1.36. The van der Waals surface area contributed by atoms with E-state index in [9.17, 15) is 4.79 Å². The fraction of sp³-hybridized carbons (Fsp3) is 0.343. The molecule has 0 radical (unpaired) electrons. The minimum atomic E-state index is -1.04. The molecule has 1 fully saturated rings. The van der Waals surface area contributed by atoms with Crippen molar-refractivity contribution in [3.63, 3.8) is 0 Å². The van der Waals surface area contributed by atoms with E-state index in [0.29, 0.717) is 36.2 Å². The van der Waals surface area contributed by atoms with Gasteiger partial charge < -0.3 is 24.8 Å². The van der Waals surface area contributed by atoms with Crippen LogP contribution in [0.1, 0.15) is 62.7 Å². The lowest BCUT2D eigenvalue weighted by molar-refractivity contribution is -0.127. The zero-order valence-corrected chi connectivity index (χ0v) is 24.8. The Hall–Kier alpha value is -4.59. The summed E-state index contributed by atoms with van der Waals surface area (Å²) < 4.78 is 11.3. The Morgan fingerprint density at radius 1 is 1.07 bits per heavy atom. The molecule has 1 aliphatic rings. The third-order valence-corrected chi connectivity index (χ3v) is 8.85. The predicted octanol–water partition coefficient (Wildman–Crippen LogP) is 7.47. The smallest absolute Gasteiger partial charge is 0.295 e. The van der Waals surface area contributed by atoms with Gasteiger partial charge in [0.05, 0.1) is 25.0 Å². The van der Waals surface area contributed by atoms with Gasteiger partial charge in [-0.15, -0.1) is 0 Å². The zero-order chi connectivity index (χ0) is 29.6. The summed E-state index contributed by atoms with van der Waals surface area (Å²) in [6.45, 7) is 2.03. The Morgan fingerprint density at radius 2 is 1.86 bits per heavy atom. The van der Waals surface area contributed by atoms with Gasteiger partial charge in [-0.3, -0.25) is 9.78 Å². The van der Waals surface area contributed by atoms with Gasteiger partial charge in [-0.25, -0.2) is 0 Å². The molecule has 2 aromatic carbocycles. The molecule has 43 heavy (non-hydrogen) atoms. The molecular weight excluding hydrogens is 538 g/mol. The number of anilines is 1. The molecule has 222 valence electrons. The van der Waals surface area contributed by atoms with Crippen molar-refractivity contribution in [3.05, 3.63) is 96.6 Å². The van der Waals surface area contributed by atoms with Gasteiger partial charge in [0.25, 0.3) is 6.01 Å².